The van der Waals surface area contributed by atoms with Crippen molar-refractivity contribution < 1.29 is 12.8 Å². The Hall–Kier alpha value is -1.48. The van der Waals surface area contributed by atoms with Crippen molar-refractivity contribution in [1.29, 1.82) is 0 Å². The zero-order valence-electron chi connectivity index (χ0n) is 12.4. The van der Waals surface area contributed by atoms with Crippen molar-refractivity contribution in [2.45, 2.75) is 17.6 Å². The first-order valence-corrected chi connectivity index (χ1v) is 10.5. The SMILES string of the molecule is CCc1csc(-c2ccc(S(=O)(=O)Nc3cc(Cl)ccc3F)s2)n1. The van der Waals surface area contributed by atoms with Crippen molar-refractivity contribution in [3.8, 4) is 9.88 Å². The van der Waals surface area contributed by atoms with E-state index in [0.29, 0.717) is 0 Å². The highest BCUT2D eigenvalue weighted by Gasteiger charge is 2.20. The van der Waals surface area contributed by atoms with Gasteiger partial charge in [0.1, 0.15) is 15.0 Å². The summed E-state index contributed by atoms with van der Waals surface area (Å²) >= 11 is 8.34. The number of hydrogen-bond donors (Lipinski definition) is 1. The van der Waals surface area contributed by atoms with E-state index in [-0.39, 0.29) is 14.9 Å². The van der Waals surface area contributed by atoms with Gasteiger partial charge in [0.2, 0.25) is 0 Å². The predicted octanol–water partition coefficient (Wildman–Crippen LogP) is 5.03. The van der Waals surface area contributed by atoms with Gasteiger partial charge < -0.3 is 0 Å². The monoisotopic (exact) mass is 402 g/mol. The molecule has 0 saturated heterocycles. The molecular formula is C15H12ClFN2O2S3. The lowest BCUT2D eigenvalue weighted by Crippen LogP contribution is -2.12. The van der Waals surface area contributed by atoms with Gasteiger partial charge in [-0.15, -0.1) is 22.7 Å². The molecule has 4 nitrogen and oxygen atoms in total. The zero-order valence-corrected chi connectivity index (χ0v) is 15.6. The summed E-state index contributed by atoms with van der Waals surface area (Å²) in [7, 11) is -3.89. The number of hydrogen-bond acceptors (Lipinski definition) is 5. The molecule has 0 aliphatic carbocycles. The summed E-state index contributed by atoms with van der Waals surface area (Å²) in [6.45, 7) is 2.01. The molecule has 0 amide bonds. The number of aromatic nitrogens is 1. The van der Waals surface area contributed by atoms with Gasteiger partial charge in [-0.05, 0) is 36.8 Å². The van der Waals surface area contributed by atoms with Crippen LogP contribution in [0.5, 0.6) is 0 Å². The summed E-state index contributed by atoms with van der Waals surface area (Å²) in [5.74, 6) is -0.688. The van der Waals surface area contributed by atoms with E-state index in [2.05, 4.69) is 9.71 Å². The molecule has 0 atom stereocenters. The predicted molar refractivity (Wildman–Crippen MR) is 97.0 cm³/mol. The Bertz CT molecular complexity index is 982. The van der Waals surface area contributed by atoms with Gasteiger partial charge >= 0.3 is 0 Å². The van der Waals surface area contributed by atoms with Crippen molar-refractivity contribution in [2.75, 3.05) is 4.72 Å². The van der Waals surface area contributed by atoms with Crippen LogP contribution < -0.4 is 4.72 Å². The summed E-state index contributed by atoms with van der Waals surface area (Å²) in [6, 6.07) is 6.88. The first-order chi connectivity index (χ1) is 11.4. The molecule has 0 bridgehead atoms. The summed E-state index contributed by atoms with van der Waals surface area (Å²) in [5.41, 5.74) is 0.784. The highest BCUT2D eigenvalue weighted by atomic mass is 35.5. The molecule has 0 aliphatic rings. The standard InChI is InChI=1S/C15H12ClFN2O2S3/c1-2-10-8-22-15(18-10)13-5-6-14(23-13)24(20,21)19-12-7-9(16)3-4-11(12)17/h3-8,19H,2H2,1H3. The van der Waals surface area contributed by atoms with Gasteiger partial charge in [-0.25, -0.2) is 17.8 Å². The van der Waals surface area contributed by atoms with Crippen LogP contribution in [0.3, 0.4) is 0 Å². The van der Waals surface area contributed by atoms with E-state index in [9.17, 15) is 12.8 Å². The van der Waals surface area contributed by atoms with Gasteiger partial charge in [0.15, 0.2) is 0 Å². The number of anilines is 1. The minimum Gasteiger partial charge on any atom is -0.276 e. The van der Waals surface area contributed by atoms with Crippen molar-refractivity contribution in [1.82, 2.24) is 4.98 Å². The molecule has 0 aliphatic heterocycles. The third-order valence-electron chi connectivity index (χ3n) is 3.14. The molecule has 9 heteroatoms. The quantitative estimate of drug-likeness (QED) is 0.651. The lowest BCUT2D eigenvalue weighted by molar-refractivity contribution is 0.600. The van der Waals surface area contributed by atoms with Gasteiger partial charge in [-0.3, -0.25) is 4.72 Å². The summed E-state index contributed by atoms with van der Waals surface area (Å²) < 4.78 is 40.9. The van der Waals surface area contributed by atoms with Crippen molar-refractivity contribution in [3.05, 3.63) is 52.2 Å². The van der Waals surface area contributed by atoms with Crippen LogP contribution in [0.4, 0.5) is 10.1 Å². The Kier molecular flexibility index (Phi) is 4.91. The third-order valence-corrected chi connectivity index (χ3v) is 7.38. The Balaban J connectivity index is 1.89. The van der Waals surface area contributed by atoms with Crippen LogP contribution in [0.15, 0.2) is 39.9 Å². The van der Waals surface area contributed by atoms with E-state index in [1.807, 2.05) is 12.3 Å². The summed E-state index contributed by atoms with van der Waals surface area (Å²) in [5, 5.41) is 2.96. The number of thiazole rings is 1. The fourth-order valence-electron chi connectivity index (χ4n) is 1.93. The molecule has 3 rings (SSSR count). The highest BCUT2D eigenvalue weighted by molar-refractivity contribution is 7.94. The van der Waals surface area contributed by atoms with E-state index in [0.717, 1.165) is 39.4 Å². The number of thiophene rings is 1. The van der Waals surface area contributed by atoms with Crippen LogP contribution in [-0.2, 0) is 16.4 Å². The second kappa shape index (κ2) is 6.79. The molecule has 0 radical (unpaired) electrons. The molecule has 0 spiro atoms. The average molecular weight is 403 g/mol. The number of halogens is 2. The third kappa shape index (κ3) is 3.61. The van der Waals surface area contributed by atoms with Gasteiger partial charge in [-0.1, -0.05) is 18.5 Å². The fourth-order valence-corrected chi connectivity index (χ4v) is 5.44. The first-order valence-electron chi connectivity index (χ1n) is 6.91. The maximum Gasteiger partial charge on any atom is 0.271 e. The summed E-state index contributed by atoms with van der Waals surface area (Å²) in [4.78, 5) is 5.20. The Morgan fingerprint density at radius 3 is 2.79 bits per heavy atom. The minimum atomic E-state index is -3.89. The highest BCUT2D eigenvalue weighted by Crippen LogP contribution is 2.34. The molecular weight excluding hydrogens is 391 g/mol. The van der Waals surface area contributed by atoms with E-state index < -0.39 is 15.8 Å². The molecule has 2 aromatic heterocycles. The van der Waals surface area contributed by atoms with Gasteiger partial charge in [0.05, 0.1) is 16.3 Å². The maximum absolute atomic E-state index is 13.7. The molecule has 126 valence electrons. The first kappa shape index (κ1) is 17.3. The number of nitrogens with one attached hydrogen (secondary N) is 1. The lowest BCUT2D eigenvalue weighted by Gasteiger charge is -2.07. The number of nitrogens with zero attached hydrogens (tertiary/aromatic N) is 1. The molecule has 2 heterocycles. The zero-order chi connectivity index (χ0) is 17.3. The molecule has 3 aromatic rings. The number of benzene rings is 1. The maximum atomic E-state index is 13.7. The van der Waals surface area contributed by atoms with E-state index in [1.54, 1.807) is 6.07 Å². The van der Waals surface area contributed by atoms with Gasteiger partial charge in [0, 0.05) is 10.4 Å². The summed E-state index contributed by atoms with van der Waals surface area (Å²) in [6.07, 6.45) is 0.822. The van der Waals surface area contributed by atoms with Gasteiger partial charge in [-0.2, -0.15) is 0 Å². The van der Waals surface area contributed by atoms with Crippen LogP contribution in [-0.4, -0.2) is 13.4 Å². The number of aryl methyl sites for hydroxylation is 1. The topological polar surface area (TPSA) is 59.1 Å². The lowest BCUT2D eigenvalue weighted by atomic mass is 10.3. The Morgan fingerprint density at radius 2 is 2.08 bits per heavy atom. The van der Waals surface area contributed by atoms with Crippen LogP contribution in [0.25, 0.3) is 9.88 Å². The molecule has 24 heavy (non-hydrogen) atoms. The van der Waals surface area contributed by atoms with Crippen LogP contribution in [0.2, 0.25) is 5.02 Å². The molecule has 1 N–H and O–H groups in total. The molecule has 0 fully saturated rings. The van der Waals surface area contributed by atoms with Crippen LogP contribution in [0, 0.1) is 5.82 Å². The van der Waals surface area contributed by atoms with Gasteiger partial charge in [0.25, 0.3) is 10.0 Å². The van der Waals surface area contributed by atoms with Crippen molar-refractivity contribution in [3.63, 3.8) is 0 Å². The smallest absolute Gasteiger partial charge is 0.271 e. The van der Waals surface area contributed by atoms with Crippen LogP contribution in [0.1, 0.15) is 12.6 Å². The number of rotatable bonds is 5. The molecule has 1 aromatic carbocycles. The second-order valence-electron chi connectivity index (χ2n) is 4.85. The van der Waals surface area contributed by atoms with Crippen LogP contribution >= 0.6 is 34.3 Å². The second-order valence-corrected chi connectivity index (χ2v) is 9.13. The van der Waals surface area contributed by atoms with E-state index in [1.165, 1.54) is 29.5 Å². The normalized spacial score (nSPS) is 11.6. The van der Waals surface area contributed by atoms with E-state index in [4.69, 9.17) is 11.6 Å². The Morgan fingerprint density at radius 1 is 1.29 bits per heavy atom. The Labute approximate surface area is 152 Å². The fraction of sp³-hybridized carbons (Fsp3) is 0.133. The molecule has 0 saturated carbocycles. The van der Waals surface area contributed by atoms with Crippen molar-refractivity contribution in [2.24, 2.45) is 0 Å². The van der Waals surface area contributed by atoms with Crippen molar-refractivity contribution >= 4 is 50.0 Å². The number of sulfonamides is 1. The largest absolute Gasteiger partial charge is 0.276 e. The van der Waals surface area contributed by atoms with E-state index >= 15 is 0 Å². The molecule has 0 unspecified atom stereocenters. The average Bonchev–Trinajstić information content (AvgIpc) is 3.19. The minimum absolute atomic E-state index is 0.0881.